The molecule has 0 saturated carbocycles. The molecule has 0 N–H and O–H groups in total. The Hall–Kier alpha value is -1.62. The number of halogens is 2. The van der Waals surface area contributed by atoms with Gasteiger partial charge >= 0.3 is 0 Å². The van der Waals surface area contributed by atoms with Gasteiger partial charge in [0.05, 0.1) is 5.57 Å². The van der Waals surface area contributed by atoms with Crippen LogP contribution in [0.25, 0.3) is 5.57 Å². The van der Waals surface area contributed by atoms with Crippen LogP contribution in [0.3, 0.4) is 0 Å². The lowest BCUT2D eigenvalue weighted by molar-refractivity contribution is 0.427. The van der Waals surface area contributed by atoms with Gasteiger partial charge in [-0.1, -0.05) is 55.0 Å². The molecule has 0 nitrogen and oxygen atoms in total. The van der Waals surface area contributed by atoms with Gasteiger partial charge in [-0.3, -0.25) is 0 Å². The van der Waals surface area contributed by atoms with E-state index in [0.29, 0.717) is 12.0 Å². The summed E-state index contributed by atoms with van der Waals surface area (Å²) in [6, 6.07) is 6.98. The van der Waals surface area contributed by atoms with Crippen molar-refractivity contribution in [1.82, 2.24) is 0 Å². The normalized spacial score (nSPS) is 9.41. The van der Waals surface area contributed by atoms with Crippen LogP contribution in [-0.4, -0.2) is 0 Å². The van der Waals surface area contributed by atoms with Crippen molar-refractivity contribution < 1.29 is 8.78 Å². The van der Waals surface area contributed by atoms with E-state index in [9.17, 15) is 8.78 Å². The number of rotatable bonds is 3. The van der Waals surface area contributed by atoms with E-state index in [4.69, 9.17) is 0 Å². The second kappa shape index (κ2) is 6.85. The Morgan fingerprint density at radius 2 is 1.82 bits per heavy atom. The number of hydrogen-bond donors (Lipinski definition) is 0. The molecule has 90 valence electrons. The molecule has 0 aliphatic rings. The Bertz CT molecular complexity index is 440. The largest absolute Gasteiger partial charge is 0.286 e. The predicted octanol–water partition coefficient (Wildman–Crippen LogP) is 4.80. The summed E-state index contributed by atoms with van der Waals surface area (Å²) in [6.45, 7) is 3.97. The van der Waals surface area contributed by atoms with Crippen LogP contribution in [0.1, 0.15) is 37.3 Å². The molecule has 0 bridgehead atoms. The zero-order valence-electron chi connectivity index (χ0n) is 10.2. The highest BCUT2D eigenvalue weighted by Crippen LogP contribution is 2.20. The average Bonchev–Trinajstić information content (AvgIpc) is 2.30. The first-order valence-corrected chi connectivity index (χ1v) is 5.76. The van der Waals surface area contributed by atoms with Crippen LogP contribution in [0.5, 0.6) is 0 Å². The minimum absolute atomic E-state index is 0.152. The monoisotopic (exact) mass is 234 g/mol. The van der Waals surface area contributed by atoms with E-state index < -0.39 is 6.08 Å². The smallest absolute Gasteiger partial charge is 0.172 e. The standard InChI is InChI=1S/C15H16F2/c1-3-4-5-6-7-14(15(16)17)13-10-8-12(2)9-11-13/h8-11H,3-5H2,1-2H3. The highest BCUT2D eigenvalue weighted by atomic mass is 19.3. The minimum Gasteiger partial charge on any atom is -0.172 e. The lowest BCUT2D eigenvalue weighted by atomic mass is 10.1. The van der Waals surface area contributed by atoms with E-state index >= 15 is 0 Å². The molecule has 0 aliphatic heterocycles. The fraction of sp³-hybridized carbons (Fsp3) is 0.333. The third kappa shape index (κ3) is 4.40. The quantitative estimate of drug-likeness (QED) is 0.520. The summed E-state index contributed by atoms with van der Waals surface area (Å²) >= 11 is 0. The van der Waals surface area contributed by atoms with Gasteiger partial charge in [-0.25, -0.2) is 0 Å². The molecule has 0 unspecified atom stereocenters. The Labute approximate surface area is 101 Å². The van der Waals surface area contributed by atoms with Gasteiger partial charge in [0.2, 0.25) is 0 Å². The minimum atomic E-state index is -1.71. The Balaban J connectivity index is 2.91. The van der Waals surface area contributed by atoms with Crippen LogP contribution in [0.15, 0.2) is 30.3 Å². The highest BCUT2D eigenvalue weighted by Gasteiger charge is 2.05. The summed E-state index contributed by atoms with van der Waals surface area (Å²) in [7, 11) is 0. The molecule has 1 rings (SSSR count). The second-order valence-corrected chi connectivity index (χ2v) is 3.91. The van der Waals surface area contributed by atoms with Gasteiger partial charge in [-0.15, -0.1) is 0 Å². The number of aryl methyl sites for hydroxylation is 1. The SMILES string of the molecule is CCCCC#CC(=C(F)F)c1ccc(C)cc1. The van der Waals surface area contributed by atoms with Gasteiger partial charge in [0.15, 0.2) is 0 Å². The molecular weight excluding hydrogens is 218 g/mol. The predicted molar refractivity (Wildman–Crippen MR) is 67.6 cm³/mol. The summed E-state index contributed by atoms with van der Waals surface area (Å²) < 4.78 is 25.5. The molecular formula is C15H16F2. The maximum atomic E-state index is 12.8. The third-order valence-corrected chi connectivity index (χ3v) is 2.40. The van der Waals surface area contributed by atoms with Gasteiger partial charge in [0.25, 0.3) is 6.08 Å². The van der Waals surface area contributed by atoms with Crippen molar-refractivity contribution in [1.29, 1.82) is 0 Å². The zero-order chi connectivity index (χ0) is 12.7. The third-order valence-electron chi connectivity index (χ3n) is 2.40. The first-order valence-electron chi connectivity index (χ1n) is 5.76. The topological polar surface area (TPSA) is 0 Å². The molecule has 17 heavy (non-hydrogen) atoms. The molecule has 1 aromatic rings. The molecule has 0 heterocycles. The first kappa shape index (κ1) is 13.4. The molecule has 0 fully saturated rings. The molecule has 0 aromatic heterocycles. The zero-order valence-corrected chi connectivity index (χ0v) is 10.2. The molecule has 1 aromatic carbocycles. The Morgan fingerprint density at radius 3 is 2.35 bits per heavy atom. The average molecular weight is 234 g/mol. The maximum absolute atomic E-state index is 12.8. The van der Waals surface area contributed by atoms with Crippen molar-refractivity contribution >= 4 is 5.57 Å². The van der Waals surface area contributed by atoms with Gasteiger partial charge in [-0.2, -0.15) is 8.78 Å². The Morgan fingerprint density at radius 1 is 1.18 bits per heavy atom. The van der Waals surface area contributed by atoms with E-state index in [2.05, 4.69) is 11.8 Å². The summed E-state index contributed by atoms with van der Waals surface area (Å²) in [5.74, 6) is 5.36. The van der Waals surface area contributed by atoms with Gasteiger partial charge in [0.1, 0.15) is 0 Å². The van der Waals surface area contributed by atoms with Gasteiger partial charge < -0.3 is 0 Å². The number of benzene rings is 1. The van der Waals surface area contributed by atoms with Crippen molar-refractivity contribution in [2.75, 3.05) is 0 Å². The van der Waals surface area contributed by atoms with E-state index in [0.717, 1.165) is 18.4 Å². The molecule has 0 spiro atoms. The molecule has 0 saturated heterocycles. The molecule has 0 aliphatic carbocycles. The molecule has 0 amide bonds. The number of hydrogen-bond acceptors (Lipinski definition) is 0. The van der Waals surface area contributed by atoms with Crippen LogP contribution in [0.2, 0.25) is 0 Å². The van der Waals surface area contributed by atoms with E-state index in [1.807, 2.05) is 26.0 Å². The lowest BCUT2D eigenvalue weighted by Crippen LogP contribution is -1.84. The molecule has 2 heteroatoms. The number of unbranched alkanes of at least 4 members (excludes halogenated alkanes) is 2. The van der Waals surface area contributed by atoms with Crippen LogP contribution in [-0.2, 0) is 0 Å². The fourth-order valence-corrected chi connectivity index (χ4v) is 1.36. The van der Waals surface area contributed by atoms with E-state index in [1.165, 1.54) is 0 Å². The van der Waals surface area contributed by atoms with Crippen molar-refractivity contribution in [2.24, 2.45) is 0 Å². The molecule has 0 radical (unpaired) electrons. The fourth-order valence-electron chi connectivity index (χ4n) is 1.36. The van der Waals surface area contributed by atoms with Crippen LogP contribution in [0, 0.1) is 18.8 Å². The summed E-state index contributed by atoms with van der Waals surface area (Å²) in [6.07, 6.45) is 0.926. The molecule has 0 atom stereocenters. The highest BCUT2D eigenvalue weighted by molar-refractivity contribution is 5.79. The Kier molecular flexibility index (Phi) is 5.42. The van der Waals surface area contributed by atoms with E-state index in [1.54, 1.807) is 12.1 Å². The van der Waals surface area contributed by atoms with E-state index in [-0.39, 0.29) is 5.57 Å². The van der Waals surface area contributed by atoms with Crippen molar-refractivity contribution in [3.63, 3.8) is 0 Å². The van der Waals surface area contributed by atoms with Gasteiger partial charge in [0, 0.05) is 6.42 Å². The lowest BCUT2D eigenvalue weighted by Gasteiger charge is -1.99. The van der Waals surface area contributed by atoms with Gasteiger partial charge in [-0.05, 0) is 18.9 Å². The summed E-state index contributed by atoms with van der Waals surface area (Å²) in [5, 5.41) is 0. The van der Waals surface area contributed by atoms with Crippen LogP contribution in [0.4, 0.5) is 8.78 Å². The maximum Gasteiger partial charge on any atom is 0.286 e. The number of allylic oxidation sites excluding steroid dienone is 1. The summed E-state index contributed by atoms with van der Waals surface area (Å²) in [4.78, 5) is 0. The van der Waals surface area contributed by atoms with Crippen LogP contribution >= 0.6 is 0 Å². The van der Waals surface area contributed by atoms with Crippen molar-refractivity contribution in [3.05, 3.63) is 41.5 Å². The first-order chi connectivity index (χ1) is 8.15. The van der Waals surface area contributed by atoms with Crippen LogP contribution < -0.4 is 0 Å². The van der Waals surface area contributed by atoms with Crippen molar-refractivity contribution in [2.45, 2.75) is 33.1 Å². The summed E-state index contributed by atoms with van der Waals surface area (Å²) in [5.41, 5.74) is 1.38. The second-order valence-electron chi connectivity index (χ2n) is 3.91. The van der Waals surface area contributed by atoms with Crippen molar-refractivity contribution in [3.8, 4) is 11.8 Å².